The molecule has 0 spiro atoms. The number of hydrogen-bond donors (Lipinski definition) is 4. The van der Waals surface area contributed by atoms with Crippen molar-refractivity contribution in [3.05, 3.63) is 72.7 Å². The van der Waals surface area contributed by atoms with E-state index >= 15 is 0 Å². The number of hydrazone groups is 1. The molecular weight excluding hydrogens is 384 g/mol. The Hall–Kier alpha value is -4.60. The Morgan fingerprint density at radius 1 is 0.900 bits per heavy atom. The molecule has 2 heterocycles. The molecule has 10 heteroatoms. The third-order valence-electron chi connectivity index (χ3n) is 3.86. The Morgan fingerprint density at radius 3 is 2.50 bits per heavy atom. The molecule has 0 saturated heterocycles. The van der Waals surface area contributed by atoms with Gasteiger partial charge in [0.05, 0.1) is 6.21 Å². The molecule has 0 unspecified atom stereocenters. The summed E-state index contributed by atoms with van der Waals surface area (Å²) in [6, 6.07) is 15.3. The number of para-hydroxylation sites is 1. The van der Waals surface area contributed by atoms with Gasteiger partial charge in [-0.15, -0.1) is 0 Å². The normalized spacial score (nSPS) is 10.8. The lowest BCUT2D eigenvalue weighted by Gasteiger charge is -2.08. The molecule has 0 atom stereocenters. The van der Waals surface area contributed by atoms with Crippen molar-refractivity contribution in [3.8, 4) is 23.0 Å². The molecule has 0 aliphatic carbocycles. The van der Waals surface area contributed by atoms with Crippen molar-refractivity contribution >= 4 is 23.8 Å². The fourth-order valence-electron chi connectivity index (χ4n) is 2.47. The SMILES string of the molecule is Oc1ccc(/C=N/Nc2nc(Nc3ccccc3)nc(-c3ccncn3)n2)c(O)c1. The first kappa shape index (κ1) is 18.7. The zero-order valence-corrected chi connectivity index (χ0v) is 15.5. The smallest absolute Gasteiger partial charge is 0.248 e. The zero-order chi connectivity index (χ0) is 20.8. The van der Waals surface area contributed by atoms with Crippen LogP contribution in [0.25, 0.3) is 11.5 Å². The summed E-state index contributed by atoms with van der Waals surface area (Å²) in [6.45, 7) is 0. The Morgan fingerprint density at radius 2 is 1.73 bits per heavy atom. The quantitative estimate of drug-likeness (QED) is 0.284. The number of nitrogens with one attached hydrogen (secondary N) is 2. The summed E-state index contributed by atoms with van der Waals surface area (Å²) < 4.78 is 0. The monoisotopic (exact) mass is 400 g/mol. The highest BCUT2D eigenvalue weighted by molar-refractivity contribution is 5.84. The van der Waals surface area contributed by atoms with E-state index in [0.29, 0.717) is 23.0 Å². The van der Waals surface area contributed by atoms with Gasteiger partial charge in [-0.1, -0.05) is 18.2 Å². The summed E-state index contributed by atoms with van der Waals surface area (Å²) in [5.41, 5.74) is 4.46. The van der Waals surface area contributed by atoms with Gasteiger partial charge in [0.25, 0.3) is 0 Å². The second-order valence-corrected chi connectivity index (χ2v) is 6.00. The Labute approximate surface area is 171 Å². The van der Waals surface area contributed by atoms with Gasteiger partial charge in [0.1, 0.15) is 23.5 Å². The number of nitrogens with zero attached hydrogens (tertiary/aromatic N) is 6. The molecule has 10 nitrogen and oxygen atoms in total. The molecule has 30 heavy (non-hydrogen) atoms. The number of hydrogen-bond acceptors (Lipinski definition) is 10. The van der Waals surface area contributed by atoms with Gasteiger partial charge in [-0.05, 0) is 30.3 Å². The number of phenolic OH excluding ortho intramolecular Hbond substituents is 2. The zero-order valence-electron chi connectivity index (χ0n) is 15.5. The van der Waals surface area contributed by atoms with Gasteiger partial charge < -0.3 is 15.5 Å². The van der Waals surface area contributed by atoms with Gasteiger partial charge in [-0.25, -0.2) is 15.4 Å². The second-order valence-electron chi connectivity index (χ2n) is 6.00. The van der Waals surface area contributed by atoms with Crippen LogP contribution in [0.1, 0.15) is 5.56 Å². The van der Waals surface area contributed by atoms with Crippen molar-refractivity contribution in [1.29, 1.82) is 0 Å². The molecular formula is C20H16N8O2. The van der Waals surface area contributed by atoms with Gasteiger partial charge in [0.15, 0.2) is 5.82 Å². The fourth-order valence-corrected chi connectivity index (χ4v) is 2.47. The molecule has 2 aromatic heterocycles. The summed E-state index contributed by atoms with van der Waals surface area (Å²) in [5.74, 6) is 0.656. The number of rotatable bonds is 6. The Balaban J connectivity index is 1.62. The topological polar surface area (TPSA) is 141 Å². The van der Waals surface area contributed by atoms with E-state index in [2.05, 4.69) is 40.8 Å². The Kier molecular flexibility index (Phi) is 5.38. The van der Waals surface area contributed by atoms with Gasteiger partial charge in [0, 0.05) is 23.5 Å². The molecule has 148 valence electrons. The molecule has 0 radical (unpaired) electrons. The molecule has 4 rings (SSSR count). The molecule has 0 fully saturated rings. The van der Waals surface area contributed by atoms with Crippen LogP contribution in [0, 0.1) is 0 Å². The summed E-state index contributed by atoms with van der Waals surface area (Å²) in [5, 5.41) is 26.4. The Bertz CT molecular complexity index is 1170. The number of aromatic hydroxyl groups is 2. The van der Waals surface area contributed by atoms with E-state index in [0.717, 1.165) is 5.69 Å². The maximum Gasteiger partial charge on any atom is 0.248 e. The predicted octanol–water partition coefficient (Wildman–Crippen LogP) is 2.93. The number of benzene rings is 2. The average molecular weight is 400 g/mol. The van der Waals surface area contributed by atoms with Crippen molar-refractivity contribution in [1.82, 2.24) is 24.9 Å². The molecule has 0 amide bonds. The van der Waals surface area contributed by atoms with E-state index < -0.39 is 0 Å². The van der Waals surface area contributed by atoms with E-state index in [1.807, 2.05) is 30.3 Å². The largest absolute Gasteiger partial charge is 0.508 e. The van der Waals surface area contributed by atoms with Crippen molar-refractivity contribution in [2.75, 3.05) is 10.7 Å². The predicted molar refractivity (Wildman–Crippen MR) is 112 cm³/mol. The number of aromatic nitrogens is 5. The number of phenols is 2. The maximum absolute atomic E-state index is 9.85. The van der Waals surface area contributed by atoms with Gasteiger partial charge >= 0.3 is 0 Å². The third kappa shape index (κ3) is 4.62. The van der Waals surface area contributed by atoms with Gasteiger partial charge in [-0.3, -0.25) is 0 Å². The molecule has 0 saturated carbocycles. The van der Waals surface area contributed by atoms with Gasteiger partial charge in [0.2, 0.25) is 11.9 Å². The number of anilines is 3. The molecule has 4 N–H and O–H groups in total. The third-order valence-corrected chi connectivity index (χ3v) is 3.86. The maximum atomic E-state index is 9.85. The average Bonchev–Trinajstić information content (AvgIpc) is 2.76. The molecule has 2 aromatic carbocycles. The molecule has 0 aliphatic heterocycles. The lowest BCUT2D eigenvalue weighted by molar-refractivity contribution is 0.450. The standard InChI is InChI=1S/C20H16N8O2/c29-15-7-6-13(17(30)10-15)11-23-28-20-26-18(16-8-9-21-12-22-16)25-19(27-20)24-14-4-2-1-3-5-14/h1-12,29-30H,(H2,24,25,26,27,28)/b23-11+. The van der Waals surface area contributed by atoms with Crippen LogP contribution in [-0.2, 0) is 0 Å². The highest BCUT2D eigenvalue weighted by Gasteiger charge is 2.10. The van der Waals surface area contributed by atoms with Crippen molar-refractivity contribution in [2.45, 2.75) is 0 Å². The molecule has 0 aliphatic rings. The van der Waals surface area contributed by atoms with Crippen LogP contribution in [0.2, 0.25) is 0 Å². The van der Waals surface area contributed by atoms with Crippen LogP contribution in [0.4, 0.5) is 17.6 Å². The van der Waals surface area contributed by atoms with E-state index in [-0.39, 0.29) is 17.4 Å². The first-order valence-electron chi connectivity index (χ1n) is 8.83. The first-order chi connectivity index (χ1) is 14.7. The van der Waals surface area contributed by atoms with Crippen molar-refractivity contribution in [2.24, 2.45) is 5.10 Å². The highest BCUT2D eigenvalue weighted by atomic mass is 16.3. The van der Waals surface area contributed by atoms with Crippen LogP contribution in [0.5, 0.6) is 11.5 Å². The highest BCUT2D eigenvalue weighted by Crippen LogP contribution is 2.21. The van der Waals surface area contributed by atoms with E-state index in [9.17, 15) is 10.2 Å². The van der Waals surface area contributed by atoms with Crippen LogP contribution in [0.15, 0.2) is 72.2 Å². The minimum atomic E-state index is -0.107. The summed E-state index contributed by atoms with van der Waals surface area (Å²) in [6.07, 6.45) is 4.38. The lowest BCUT2D eigenvalue weighted by atomic mass is 10.2. The summed E-state index contributed by atoms with van der Waals surface area (Å²) in [4.78, 5) is 21.1. The summed E-state index contributed by atoms with van der Waals surface area (Å²) in [7, 11) is 0. The van der Waals surface area contributed by atoms with E-state index in [1.165, 1.54) is 30.7 Å². The van der Waals surface area contributed by atoms with Crippen LogP contribution < -0.4 is 10.7 Å². The lowest BCUT2D eigenvalue weighted by Crippen LogP contribution is -2.06. The van der Waals surface area contributed by atoms with E-state index in [4.69, 9.17) is 0 Å². The first-order valence-corrected chi connectivity index (χ1v) is 8.83. The van der Waals surface area contributed by atoms with Crippen molar-refractivity contribution in [3.63, 3.8) is 0 Å². The van der Waals surface area contributed by atoms with Crippen LogP contribution in [-0.4, -0.2) is 41.3 Å². The minimum absolute atomic E-state index is 0.0406. The van der Waals surface area contributed by atoms with Gasteiger partial charge in [-0.2, -0.15) is 20.1 Å². The molecule has 4 aromatic rings. The van der Waals surface area contributed by atoms with Crippen LogP contribution in [0.3, 0.4) is 0 Å². The van der Waals surface area contributed by atoms with Crippen LogP contribution >= 0.6 is 0 Å². The fraction of sp³-hybridized carbons (Fsp3) is 0. The molecule has 0 bridgehead atoms. The van der Waals surface area contributed by atoms with Crippen molar-refractivity contribution < 1.29 is 10.2 Å². The summed E-state index contributed by atoms with van der Waals surface area (Å²) >= 11 is 0. The second kappa shape index (κ2) is 8.61. The van der Waals surface area contributed by atoms with E-state index in [1.54, 1.807) is 12.3 Å². The minimum Gasteiger partial charge on any atom is -0.508 e.